The molecule has 0 aliphatic carbocycles. The SMILES string of the molecule is Cc1nnc(N2CCC(CC(=O)O)C2)s1. The summed E-state index contributed by atoms with van der Waals surface area (Å²) in [5.74, 6) is -0.456. The minimum Gasteiger partial charge on any atom is -0.481 e. The van der Waals surface area contributed by atoms with Gasteiger partial charge in [0.1, 0.15) is 5.01 Å². The van der Waals surface area contributed by atoms with Crippen molar-refractivity contribution in [3.05, 3.63) is 5.01 Å². The van der Waals surface area contributed by atoms with Crippen molar-refractivity contribution in [1.29, 1.82) is 0 Å². The monoisotopic (exact) mass is 227 g/mol. The van der Waals surface area contributed by atoms with E-state index >= 15 is 0 Å². The molecule has 2 rings (SSSR count). The molecule has 0 amide bonds. The van der Waals surface area contributed by atoms with E-state index in [0.29, 0.717) is 0 Å². The van der Waals surface area contributed by atoms with Crippen LogP contribution < -0.4 is 4.90 Å². The Morgan fingerprint density at radius 1 is 1.67 bits per heavy atom. The molecule has 1 atom stereocenters. The topological polar surface area (TPSA) is 66.3 Å². The zero-order chi connectivity index (χ0) is 10.8. The van der Waals surface area contributed by atoms with E-state index in [1.165, 1.54) is 0 Å². The molecule has 5 nitrogen and oxygen atoms in total. The minimum absolute atomic E-state index is 0.256. The summed E-state index contributed by atoms with van der Waals surface area (Å²) in [7, 11) is 0. The van der Waals surface area contributed by atoms with Crippen molar-refractivity contribution in [3.8, 4) is 0 Å². The largest absolute Gasteiger partial charge is 0.481 e. The van der Waals surface area contributed by atoms with Crippen LogP contribution in [0.2, 0.25) is 0 Å². The molecule has 1 unspecified atom stereocenters. The van der Waals surface area contributed by atoms with Gasteiger partial charge >= 0.3 is 5.97 Å². The van der Waals surface area contributed by atoms with Crippen LogP contribution in [-0.4, -0.2) is 34.4 Å². The first kappa shape index (κ1) is 10.4. The van der Waals surface area contributed by atoms with E-state index in [1.807, 2.05) is 6.92 Å². The van der Waals surface area contributed by atoms with Crippen molar-refractivity contribution >= 4 is 22.4 Å². The maximum atomic E-state index is 10.6. The Hall–Kier alpha value is -1.17. The number of rotatable bonds is 3. The number of carbonyl (C=O) groups is 1. The van der Waals surface area contributed by atoms with Crippen LogP contribution in [0.3, 0.4) is 0 Å². The van der Waals surface area contributed by atoms with Gasteiger partial charge in [0, 0.05) is 19.5 Å². The number of anilines is 1. The molecule has 82 valence electrons. The number of carboxylic acid groups (broad SMARTS) is 1. The number of hydrogen-bond donors (Lipinski definition) is 1. The fraction of sp³-hybridized carbons (Fsp3) is 0.667. The lowest BCUT2D eigenvalue weighted by molar-refractivity contribution is -0.137. The molecule has 1 aromatic rings. The molecule has 0 spiro atoms. The molecule has 1 saturated heterocycles. The zero-order valence-corrected chi connectivity index (χ0v) is 9.33. The Morgan fingerprint density at radius 2 is 2.47 bits per heavy atom. The number of aliphatic carboxylic acids is 1. The van der Waals surface area contributed by atoms with Crippen LogP contribution in [0.15, 0.2) is 0 Å². The summed E-state index contributed by atoms with van der Waals surface area (Å²) in [6.45, 7) is 3.61. The number of hydrogen-bond acceptors (Lipinski definition) is 5. The number of carboxylic acids is 1. The molecule has 1 aliphatic rings. The van der Waals surface area contributed by atoms with Crippen molar-refractivity contribution in [3.63, 3.8) is 0 Å². The fourth-order valence-electron chi connectivity index (χ4n) is 1.83. The summed E-state index contributed by atoms with van der Waals surface area (Å²) in [6, 6.07) is 0. The second kappa shape index (κ2) is 4.14. The molecule has 1 aromatic heterocycles. The summed E-state index contributed by atoms with van der Waals surface area (Å²) >= 11 is 1.56. The lowest BCUT2D eigenvalue weighted by Crippen LogP contribution is -2.20. The van der Waals surface area contributed by atoms with Gasteiger partial charge < -0.3 is 10.0 Å². The normalized spacial score (nSPS) is 20.9. The van der Waals surface area contributed by atoms with E-state index in [4.69, 9.17) is 5.11 Å². The van der Waals surface area contributed by atoms with Crippen molar-refractivity contribution in [2.24, 2.45) is 5.92 Å². The predicted molar refractivity (Wildman–Crippen MR) is 57.2 cm³/mol. The van der Waals surface area contributed by atoms with Gasteiger partial charge in [0.15, 0.2) is 0 Å². The summed E-state index contributed by atoms with van der Waals surface area (Å²) in [5, 5.41) is 18.6. The maximum Gasteiger partial charge on any atom is 0.303 e. The molecule has 6 heteroatoms. The average Bonchev–Trinajstić information content (AvgIpc) is 2.72. The first-order valence-electron chi connectivity index (χ1n) is 4.92. The van der Waals surface area contributed by atoms with Crippen molar-refractivity contribution < 1.29 is 9.90 Å². The second-order valence-electron chi connectivity index (χ2n) is 3.80. The van der Waals surface area contributed by atoms with Crippen molar-refractivity contribution in [1.82, 2.24) is 10.2 Å². The minimum atomic E-state index is -0.713. The molecule has 1 fully saturated rings. The summed E-state index contributed by atoms with van der Waals surface area (Å²) < 4.78 is 0. The molecule has 2 heterocycles. The standard InChI is InChI=1S/C9H13N3O2S/c1-6-10-11-9(15-6)12-3-2-7(5-12)4-8(13)14/h7H,2-5H2,1H3,(H,13,14). The van der Waals surface area contributed by atoms with Crippen molar-refractivity contribution in [2.75, 3.05) is 18.0 Å². The highest BCUT2D eigenvalue weighted by molar-refractivity contribution is 7.15. The van der Waals surface area contributed by atoms with E-state index in [-0.39, 0.29) is 12.3 Å². The van der Waals surface area contributed by atoms with Gasteiger partial charge in [-0.2, -0.15) is 0 Å². The van der Waals surface area contributed by atoms with Crippen LogP contribution in [0.1, 0.15) is 17.8 Å². The van der Waals surface area contributed by atoms with Crippen LogP contribution in [0.5, 0.6) is 0 Å². The Balaban J connectivity index is 1.95. The van der Waals surface area contributed by atoms with Gasteiger partial charge in [-0.15, -0.1) is 10.2 Å². The van der Waals surface area contributed by atoms with Crippen molar-refractivity contribution in [2.45, 2.75) is 19.8 Å². The molecule has 0 aromatic carbocycles. The van der Waals surface area contributed by atoms with Crippen LogP contribution >= 0.6 is 11.3 Å². The third-order valence-electron chi connectivity index (χ3n) is 2.54. The van der Waals surface area contributed by atoms with Gasteiger partial charge in [-0.25, -0.2) is 0 Å². The van der Waals surface area contributed by atoms with Crippen LogP contribution in [-0.2, 0) is 4.79 Å². The van der Waals surface area contributed by atoms with E-state index < -0.39 is 5.97 Å². The van der Waals surface area contributed by atoms with E-state index in [2.05, 4.69) is 15.1 Å². The van der Waals surface area contributed by atoms with Crippen LogP contribution in [0, 0.1) is 12.8 Å². The molecule has 15 heavy (non-hydrogen) atoms. The number of aryl methyl sites for hydroxylation is 1. The highest BCUT2D eigenvalue weighted by Crippen LogP contribution is 2.27. The average molecular weight is 227 g/mol. The third-order valence-corrected chi connectivity index (χ3v) is 3.43. The lowest BCUT2D eigenvalue weighted by Gasteiger charge is -2.12. The van der Waals surface area contributed by atoms with Gasteiger partial charge in [0.05, 0.1) is 0 Å². The highest BCUT2D eigenvalue weighted by atomic mass is 32.1. The van der Waals surface area contributed by atoms with Gasteiger partial charge in [0.2, 0.25) is 5.13 Å². The molecule has 1 N–H and O–H groups in total. The maximum absolute atomic E-state index is 10.6. The second-order valence-corrected chi connectivity index (χ2v) is 4.96. The predicted octanol–water partition coefficient (Wildman–Crippen LogP) is 1.15. The van der Waals surface area contributed by atoms with Gasteiger partial charge in [0.25, 0.3) is 0 Å². The molecule has 0 bridgehead atoms. The quantitative estimate of drug-likeness (QED) is 0.839. The first-order valence-corrected chi connectivity index (χ1v) is 5.73. The van der Waals surface area contributed by atoms with E-state index in [9.17, 15) is 4.79 Å². The van der Waals surface area contributed by atoms with E-state index in [0.717, 1.165) is 29.6 Å². The Kier molecular flexibility index (Phi) is 2.86. The molecule has 1 aliphatic heterocycles. The number of nitrogens with zero attached hydrogens (tertiary/aromatic N) is 3. The fourth-order valence-corrected chi connectivity index (χ4v) is 2.56. The number of aromatic nitrogens is 2. The first-order chi connectivity index (χ1) is 7.15. The Labute approximate surface area is 91.7 Å². The summed E-state index contributed by atoms with van der Waals surface area (Å²) in [6.07, 6.45) is 1.19. The molecule has 0 saturated carbocycles. The Morgan fingerprint density at radius 3 is 3.07 bits per heavy atom. The Bertz CT molecular complexity index is 366. The molecular formula is C9H13N3O2S. The van der Waals surface area contributed by atoms with Gasteiger partial charge in [-0.05, 0) is 19.3 Å². The van der Waals surface area contributed by atoms with Gasteiger partial charge in [-0.3, -0.25) is 4.79 Å². The smallest absolute Gasteiger partial charge is 0.303 e. The highest BCUT2D eigenvalue weighted by Gasteiger charge is 2.26. The van der Waals surface area contributed by atoms with Crippen LogP contribution in [0.25, 0.3) is 0 Å². The third kappa shape index (κ3) is 2.44. The lowest BCUT2D eigenvalue weighted by atomic mass is 10.1. The molecular weight excluding hydrogens is 214 g/mol. The van der Waals surface area contributed by atoms with Gasteiger partial charge in [-0.1, -0.05) is 11.3 Å². The summed E-state index contributed by atoms with van der Waals surface area (Å²) in [5.41, 5.74) is 0. The van der Waals surface area contributed by atoms with E-state index in [1.54, 1.807) is 11.3 Å². The summed E-state index contributed by atoms with van der Waals surface area (Å²) in [4.78, 5) is 12.7. The zero-order valence-electron chi connectivity index (χ0n) is 8.51. The molecule has 0 radical (unpaired) electrons. The van der Waals surface area contributed by atoms with Crippen LogP contribution in [0.4, 0.5) is 5.13 Å².